The van der Waals surface area contributed by atoms with Crippen molar-refractivity contribution in [2.45, 2.75) is 13.0 Å². The number of nitrogens with one attached hydrogen (secondary N) is 2. The number of rotatable bonds is 6. The molecular weight excluding hydrogens is 370 g/mol. The molecule has 1 saturated heterocycles. The highest BCUT2D eigenvalue weighted by Gasteiger charge is 2.22. The Morgan fingerprint density at radius 1 is 1.17 bits per heavy atom. The van der Waals surface area contributed by atoms with Gasteiger partial charge in [-0.25, -0.2) is 0 Å². The molecule has 0 spiro atoms. The number of benzene rings is 2. The minimum atomic E-state index is -0.710. The number of ether oxygens (including phenoxy) is 2. The van der Waals surface area contributed by atoms with E-state index in [4.69, 9.17) is 9.47 Å². The highest BCUT2D eigenvalue weighted by Crippen LogP contribution is 2.25. The monoisotopic (exact) mass is 397 g/mol. The summed E-state index contributed by atoms with van der Waals surface area (Å²) in [7, 11) is 1.52. The summed E-state index contributed by atoms with van der Waals surface area (Å²) in [4.78, 5) is 26.6. The molecule has 2 N–H and O–H groups in total. The van der Waals surface area contributed by atoms with E-state index < -0.39 is 11.8 Å². The minimum absolute atomic E-state index is 0.0257. The highest BCUT2D eigenvalue weighted by molar-refractivity contribution is 6.39. The van der Waals surface area contributed by atoms with Crippen LogP contribution in [0.5, 0.6) is 5.75 Å². The molecule has 1 aliphatic rings. The summed E-state index contributed by atoms with van der Waals surface area (Å²) in [5.41, 5.74) is 2.58. The zero-order valence-corrected chi connectivity index (χ0v) is 16.8. The molecule has 0 aliphatic carbocycles. The smallest absolute Gasteiger partial charge is 0.313 e. The quantitative estimate of drug-likeness (QED) is 0.730. The molecule has 0 aromatic heterocycles. The molecule has 1 heterocycles. The predicted octanol–water partition coefficient (Wildman–Crippen LogP) is 2.13. The SMILES string of the molecule is COc1ccc(C)cc1NC(=O)C(=O)NCCN1CCOC(c2ccccc2)C1. The van der Waals surface area contributed by atoms with Crippen LogP contribution in [-0.2, 0) is 14.3 Å². The molecule has 2 amide bonds. The van der Waals surface area contributed by atoms with Gasteiger partial charge in [-0.3, -0.25) is 14.5 Å². The second kappa shape index (κ2) is 10.0. The number of amides is 2. The Hall–Kier alpha value is -2.90. The molecule has 1 aliphatic heterocycles. The van der Waals surface area contributed by atoms with Crippen LogP contribution in [0, 0.1) is 6.92 Å². The second-order valence-electron chi connectivity index (χ2n) is 6.98. The van der Waals surface area contributed by atoms with E-state index in [1.165, 1.54) is 7.11 Å². The number of carbonyl (C=O) groups excluding carboxylic acids is 2. The first kappa shape index (κ1) is 20.8. The minimum Gasteiger partial charge on any atom is -0.495 e. The van der Waals surface area contributed by atoms with Crippen molar-refractivity contribution in [3.8, 4) is 5.75 Å². The number of anilines is 1. The van der Waals surface area contributed by atoms with Crippen molar-refractivity contribution in [2.75, 3.05) is 45.2 Å². The third-order valence-electron chi connectivity index (χ3n) is 4.84. The normalized spacial score (nSPS) is 16.8. The molecule has 2 aromatic rings. The molecule has 154 valence electrons. The third-order valence-corrected chi connectivity index (χ3v) is 4.84. The molecular formula is C22H27N3O4. The number of methoxy groups -OCH3 is 1. The van der Waals surface area contributed by atoms with E-state index in [0.29, 0.717) is 31.1 Å². The van der Waals surface area contributed by atoms with Gasteiger partial charge in [0.25, 0.3) is 0 Å². The number of nitrogens with zero attached hydrogens (tertiary/aromatic N) is 1. The van der Waals surface area contributed by atoms with Crippen molar-refractivity contribution in [3.05, 3.63) is 59.7 Å². The molecule has 7 nitrogen and oxygen atoms in total. The van der Waals surface area contributed by atoms with E-state index in [2.05, 4.69) is 27.7 Å². The van der Waals surface area contributed by atoms with E-state index in [1.54, 1.807) is 12.1 Å². The Balaban J connectivity index is 1.46. The molecule has 3 rings (SSSR count). The maximum Gasteiger partial charge on any atom is 0.313 e. The van der Waals surface area contributed by atoms with E-state index in [-0.39, 0.29) is 6.10 Å². The van der Waals surface area contributed by atoms with Crippen LogP contribution in [0.3, 0.4) is 0 Å². The van der Waals surface area contributed by atoms with E-state index in [1.807, 2.05) is 31.2 Å². The van der Waals surface area contributed by atoms with Crippen molar-refractivity contribution in [1.82, 2.24) is 10.2 Å². The number of morpholine rings is 1. The summed E-state index contributed by atoms with van der Waals surface area (Å²) >= 11 is 0. The van der Waals surface area contributed by atoms with Gasteiger partial charge in [0.15, 0.2) is 0 Å². The van der Waals surface area contributed by atoms with Crippen LogP contribution in [0.15, 0.2) is 48.5 Å². The summed E-state index contributed by atoms with van der Waals surface area (Å²) in [6, 6.07) is 15.5. The van der Waals surface area contributed by atoms with Crippen LogP contribution in [0.2, 0.25) is 0 Å². The van der Waals surface area contributed by atoms with Gasteiger partial charge in [-0.1, -0.05) is 36.4 Å². The van der Waals surface area contributed by atoms with Crippen molar-refractivity contribution >= 4 is 17.5 Å². The van der Waals surface area contributed by atoms with Gasteiger partial charge in [0.2, 0.25) is 0 Å². The summed E-state index contributed by atoms with van der Waals surface area (Å²) in [6.07, 6.45) is 0.0257. The highest BCUT2D eigenvalue weighted by atomic mass is 16.5. The molecule has 2 aromatic carbocycles. The van der Waals surface area contributed by atoms with Gasteiger partial charge in [-0.15, -0.1) is 0 Å². The van der Waals surface area contributed by atoms with Gasteiger partial charge in [-0.05, 0) is 30.2 Å². The van der Waals surface area contributed by atoms with Crippen LogP contribution in [0.4, 0.5) is 5.69 Å². The number of hydrogen-bond acceptors (Lipinski definition) is 5. The zero-order valence-electron chi connectivity index (χ0n) is 16.8. The lowest BCUT2D eigenvalue weighted by Crippen LogP contribution is -2.44. The van der Waals surface area contributed by atoms with Crippen molar-refractivity contribution in [3.63, 3.8) is 0 Å². The molecule has 1 atom stereocenters. The molecule has 7 heteroatoms. The first-order chi connectivity index (χ1) is 14.1. The van der Waals surface area contributed by atoms with Crippen LogP contribution in [0.25, 0.3) is 0 Å². The Morgan fingerprint density at radius 2 is 1.97 bits per heavy atom. The Morgan fingerprint density at radius 3 is 2.72 bits per heavy atom. The van der Waals surface area contributed by atoms with E-state index in [0.717, 1.165) is 24.2 Å². The number of carbonyl (C=O) groups is 2. The van der Waals surface area contributed by atoms with Gasteiger partial charge >= 0.3 is 11.8 Å². The van der Waals surface area contributed by atoms with Gasteiger partial charge in [0.05, 0.1) is 25.5 Å². The summed E-state index contributed by atoms with van der Waals surface area (Å²) in [6.45, 7) is 5.14. The maximum absolute atomic E-state index is 12.2. The largest absolute Gasteiger partial charge is 0.495 e. The van der Waals surface area contributed by atoms with Crippen molar-refractivity contribution in [1.29, 1.82) is 0 Å². The average Bonchev–Trinajstić information content (AvgIpc) is 2.74. The number of aryl methyl sites for hydroxylation is 1. The maximum atomic E-state index is 12.2. The van der Waals surface area contributed by atoms with Gasteiger partial charge in [-0.2, -0.15) is 0 Å². The standard InChI is InChI=1S/C22H27N3O4/c1-16-8-9-19(28-2)18(14-16)24-22(27)21(26)23-10-11-25-12-13-29-20(15-25)17-6-4-3-5-7-17/h3-9,14,20H,10-13,15H2,1-2H3,(H,23,26)(H,24,27). The molecule has 0 saturated carbocycles. The summed E-state index contributed by atoms with van der Waals surface area (Å²) in [5.74, 6) is -0.864. The van der Waals surface area contributed by atoms with Crippen LogP contribution in [-0.4, -0.2) is 56.6 Å². The van der Waals surface area contributed by atoms with Crippen molar-refractivity contribution in [2.24, 2.45) is 0 Å². The molecule has 0 radical (unpaired) electrons. The van der Waals surface area contributed by atoms with Crippen LogP contribution >= 0.6 is 0 Å². The fraction of sp³-hybridized carbons (Fsp3) is 0.364. The van der Waals surface area contributed by atoms with Gasteiger partial charge in [0, 0.05) is 26.2 Å². The van der Waals surface area contributed by atoms with Crippen LogP contribution < -0.4 is 15.4 Å². The second-order valence-corrected chi connectivity index (χ2v) is 6.98. The predicted molar refractivity (Wildman–Crippen MR) is 111 cm³/mol. The lowest BCUT2D eigenvalue weighted by molar-refractivity contribution is -0.136. The Labute approximate surface area is 171 Å². The zero-order chi connectivity index (χ0) is 20.6. The lowest BCUT2D eigenvalue weighted by atomic mass is 10.1. The first-order valence-electron chi connectivity index (χ1n) is 9.69. The van der Waals surface area contributed by atoms with Crippen LogP contribution in [0.1, 0.15) is 17.2 Å². The van der Waals surface area contributed by atoms with E-state index in [9.17, 15) is 9.59 Å². The van der Waals surface area contributed by atoms with E-state index >= 15 is 0 Å². The topological polar surface area (TPSA) is 79.9 Å². The summed E-state index contributed by atoms with van der Waals surface area (Å²) in [5, 5.41) is 5.29. The molecule has 29 heavy (non-hydrogen) atoms. The van der Waals surface area contributed by atoms with Gasteiger partial charge < -0.3 is 20.1 Å². The molecule has 0 bridgehead atoms. The number of hydrogen-bond donors (Lipinski definition) is 2. The fourth-order valence-corrected chi connectivity index (χ4v) is 3.28. The summed E-state index contributed by atoms with van der Waals surface area (Å²) < 4.78 is 11.1. The Bertz CT molecular complexity index is 841. The lowest BCUT2D eigenvalue weighted by Gasteiger charge is -2.33. The van der Waals surface area contributed by atoms with Gasteiger partial charge in [0.1, 0.15) is 5.75 Å². The average molecular weight is 397 g/mol. The molecule has 1 unspecified atom stereocenters. The molecule has 1 fully saturated rings. The van der Waals surface area contributed by atoms with Crippen molar-refractivity contribution < 1.29 is 19.1 Å². The fourth-order valence-electron chi connectivity index (χ4n) is 3.28. The Kier molecular flexibility index (Phi) is 7.21. The third kappa shape index (κ3) is 5.79. The first-order valence-corrected chi connectivity index (χ1v) is 9.69.